The quantitative estimate of drug-likeness (QED) is 0.662. The van der Waals surface area contributed by atoms with Crippen molar-refractivity contribution in [3.63, 3.8) is 0 Å². The molecule has 0 aromatic carbocycles. The highest BCUT2D eigenvalue weighted by Crippen LogP contribution is 2.43. The van der Waals surface area contributed by atoms with E-state index in [-0.39, 0.29) is 0 Å². The number of nitrogens with zero attached hydrogens (tertiary/aromatic N) is 1. The number of hydrogen-bond acceptors (Lipinski definition) is 3. The zero-order valence-electron chi connectivity index (χ0n) is 7.53. The molecule has 1 aliphatic carbocycles. The number of nitriles is 1. The Kier molecular flexibility index (Phi) is 2.58. The Balaban J connectivity index is 2.84. The third kappa shape index (κ3) is 1.65. The van der Waals surface area contributed by atoms with Gasteiger partial charge >= 0.3 is 5.97 Å². The third-order valence-electron chi connectivity index (χ3n) is 2.78. The molecule has 13 heavy (non-hydrogen) atoms. The second-order valence-corrected chi connectivity index (χ2v) is 3.86. The summed E-state index contributed by atoms with van der Waals surface area (Å²) in [6, 6.07) is 1.96. The zero-order chi connectivity index (χ0) is 10.1. The van der Waals surface area contributed by atoms with E-state index in [0.29, 0.717) is 18.8 Å². The fourth-order valence-electron chi connectivity index (χ4n) is 1.98. The normalized spacial score (nSPS) is 35.3. The summed E-state index contributed by atoms with van der Waals surface area (Å²) in [5, 5.41) is 26.9. The van der Waals surface area contributed by atoms with E-state index in [1.807, 2.05) is 13.0 Å². The van der Waals surface area contributed by atoms with Crippen LogP contribution in [0.3, 0.4) is 0 Å². The van der Waals surface area contributed by atoms with Gasteiger partial charge in [0.25, 0.3) is 0 Å². The largest absolute Gasteiger partial charge is 0.479 e. The van der Waals surface area contributed by atoms with Crippen LogP contribution in [0.25, 0.3) is 0 Å². The summed E-state index contributed by atoms with van der Waals surface area (Å²) in [4.78, 5) is 10.6. The van der Waals surface area contributed by atoms with Gasteiger partial charge in [0.15, 0.2) is 6.10 Å². The Morgan fingerprint density at radius 1 is 1.77 bits per heavy atom. The Hall–Kier alpha value is -1.08. The van der Waals surface area contributed by atoms with Crippen LogP contribution in [0.2, 0.25) is 0 Å². The summed E-state index contributed by atoms with van der Waals surface area (Å²) in [5.74, 6) is -0.968. The van der Waals surface area contributed by atoms with Crippen LogP contribution in [0, 0.1) is 22.7 Å². The van der Waals surface area contributed by atoms with Crippen molar-refractivity contribution in [2.24, 2.45) is 11.3 Å². The van der Waals surface area contributed by atoms with Gasteiger partial charge in [0, 0.05) is 0 Å². The van der Waals surface area contributed by atoms with Gasteiger partial charge in [-0.3, -0.25) is 0 Å². The van der Waals surface area contributed by atoms with Crippen LogP contribution < -0.4 is 0 Å². The molecule has 4 nitrogen and oxygen atoms in total. The fourth-order valence-corrected chi connectivity index (χ4v) is 1.98. The van der Waals surface area contributed by atoms with E-state index >= 15 is 0 Å². The fraction of sp³-hybridized carbons (Fsp3) is 0.778. The van der Waals surface area contributed by atoms with Gasteiger partial charge < -0.3 is 10.2 Å². The minimum absolute atomic E-state index is 0.327. The van der Waals surface area contributed by atoms with Crippen LogP contribution in [0.5, 0.6) is 0 Å². The number of carboxylic acids is 1. The molecule has 0 bridgehead atoms. The highest BCUT2D eigenvalue weighted by atomic mass is 16.4. The molecule has 0 spiro atoms. The molecule has 0 aromatic rings. The van der Waals surface area contributed by atoms with E-state index in [2.05, 4.69) is 0 Å². The molecule has 1 fully saturated rings. The molecule has 3 atom stereocenters. The molecular formula is C9H13NO3. The molecule has 1 rings (SSSR count). The highest BCUT2D eigenvalue weighted by Gasteiger charge is 2.47. The smallest absolute Gasteiger partial charge is 0.334 e. The molecule has 0 amide bonds. The predicted molar refractivity (Wildman–Crippen MR) is 44.7 cm³/mol. The Bertz CT molecular complexity index is 258. The summed E-state index contributed by atoms with van der Waals surface area (Å²) in [6.07, 6.45) is 0.245. The van der Waals surface area contributed by atoms with E-state index in [1.165, 1.54) is 0 Å². The lowest BCUT2D eigenvalue weighted by molar-refractivity contribution is -0.152. The number of aliphatic hydroxyl groups is 1. The maximum Gasteiger partial charge on any atom is 0.334 e. The van der Waals surface area contributed by atoms with Gasteiger partial charge in [0.2, 0.25) is 0 Å². The van der Waals surface area contributed by atoms with Crippen LogP contribution in [-0.4, -0.2) is 22.3 Å². The van der Waals surface area contributed by atoms with Crippen molar-refractivity contribution in [2.45, 2.75) is 32.3 Å². The Morgan fingerprint density at radius 2 is 2.38 bits per heavy atom. The van der Waals surface area contributed by atoms with E-state index in [9.17, 15) is 9.90 Å². The molecule has 0 aromatic heterocycles. The van der Waals surface area contributed by atoms with Crippen LogP contribution in [-0.2, 0) is 4.79 Å². The van der Waals surface area contributed by atoms with Crippen LogP contribution in [0.15, 0.2) is 0 Å². The van der Waals surface area contributed by atoms with Crippen molar-refractivity contribution in [3.05, 3.63) is 0 Å². The van der Waals surface area contributed by atoms with Crippen molar-refractivity contribution < 1.29 is 15.0 Å². The molecule has 0 saturated heterocycles. The van der Waals surface area contributed by atoms with Crippen molar-refractivity contribution in [1.82, 2.24) is 0 Å². The number of aliphatic hydroxyl groups excluding tert-OH is 1. The summed E-state index contributed by atoms with van der Waals surface area (Å²) in [5.41, 5.74) is -1.05. The summed E-state index contributed by atoms with van der Waals surface area (Å²) < 4.78 is 0. The lowest BCUT2D eigenvalue weighted by Crippen LogP contribution is -2.38. The first-order chi connectivity index (χ1) is 6.02. The Morgan fingerprint density at radius 3 is 2.69 bits per heavy atom. The number of carboxylic acid groups (broad SMARTS) is 1. The summed E-state index contributed by atoms with van der Waals surface area (Å²) in [6.45, 7) is 1.97. The molecule has 3 unspecified atom stereocenters. The molecule has 0 radical (unpaired) electrons. The highest BCUT2D eigenvalue weighted by molar-refractivity contribution is 5.73. The number of carbonyl (C=O) groups is 1. The Labute approximate surface area is 76.8 Å². The average molecular weight is 183 g/mol. The summed E-state index contributed by atoms with van der Waals surface area (Å²) >= 11 is 0. The van der Waals surface area contributed by atoms with Gasteiger partial charge in [-0.2, -0.15) is 5.26 Å². The van der Waals surface area contributed by atoms with Gasteiger partial charge in [0.1, 0.15) is 0 Å². The average Bonchev–Trinajstić information content (AvgIpc) is 2.47. The number of rotatable bonds is 2. The summed E-state index contributed by atoms with van der Waals surface area (Å²) in [7, 11) is 0. The molecule has 72 valence electrons. The maximum atomic E-state index is 10.6. The van der Waals surface area contributed by atoms with E-state index in [4.69, 9.17) is 10.4 Å². The topological polar surface area (TPSA) is 81.3 Å². The number of aliphatic carboxylic acids is 1. The molecule has 2 N–H and O–H groups in total. The minimum Gasteiger partial charge on any atom is -0.479 e. The lowest BCUT2D eigenvalue weighted by Gasteiger charge is -2.23. The van der Waals surface area contributed by atoms with Crippen LogP contribution in [0.4, 0.5) is 0 Å². The molecular weight excluding hydrogens is 170 g/mol. The lowest BCUT2D eigenvalue weighted by atomic mass is 9.81. The molecule has 4 heteroatoms. The van der Waals surface area contributed by atoms with Gasteiger partial charge in [0.05, 0.1) is 11.5 Å². The predicted octanol–water partition coefficient (Wildman–Crippen LogP) is 0.762. The van der Waals surface area contributed by atoms with Gasteiger partial charge in [-0.25, -0.2) is 4.79 Å². The molecule has 1 aliphatic rings. The van der Waals surface area contributed by atoms with E-state index in [1.54, 1.807) is 0 Å². The minimum atomic E-state index is -1.54. The van der Waals surface area contributed by atoms with E-state index in [0.717, 1.165) is 6.42 Å². The van der Waals surface area contributed by atoms with Gasteiger partial charge in [-0.1, -0.05) is 6.92 Å². The third-order valence-corrected chi connectivity index (χ3v) is 2.78. The van der Waals surface area contributed by atoms with Crippen molar-refractivity contribution in [2.75, 3.05) is 0 Å². The van der Waals surface area contributed by atoms with Crippen molar-refractivity contribution >= 4 is 5.97 Å². The molecule has 1 saturated carbocycles. The van der Waals surface area contributed by atoms with Gasteiger partial charge in [-0.05, 0) is 25.2 Å². The number of hydrogen-bond donors (Lipinski definition) is 2. The first-order valence-corrected chi connectivity index (χ1v) is 4.34. The maximum absolute atomic E-state index is 10.6. The van der Waals surface area contributed by atoms with Crippen molar-refractivity contribution in [1.29, 1.82) is 5.26 Å². The molecule has 0 heterocycles. The van der Waals surface area contributed by atoms with Crippen molar-refractivity contribution in [3.8, 4) is 6.07 Å². The van der Waals surface area contributed by atoms with Crippen LogP contribution >= 0.6 is 0 Å². The first-order valence-electron chi connectivity index (χ1n) is 4.34. The molecule has 0 aliphatic heterocycles. The SMILES string of the molecule is CC1CCC(C#N)(C(O)C(=O)O)C1. The second kappa shape index (κ2) is 3.35. The second-order valence-electron chi connectivity index (χ2n) is 3.86. The van der Waals surface area contributed by atoms with Gasteiger partial charge in [-0.15, -0.1) is 0 Å². The first kappa shape index (κ1) is 10.0. The van der Waals surface area contributed by atoms with Crippen LogP contribution in [0.1, 0.15) is 26.2 Å². The standard InChI is InChI=1S/C9H13NO3/c1-6-2-3-9(4-6,5-10)7(11)8(12)13/h6-7,11H,2-4H2,1H3,(H,12,13). The zero-order valence-corrected chi connectivity index (χ0v) is 7.53. The monoisotopic (exact) mass is 183 g/mol. The van der Waals surface area contributed by atoms with E-state index < -0.39 is 17.5 Å².